The maximum Gasteiger partial charge on any atom is 0.224 e. The van der Waals surface area contributed by atoms with Gasteiger partial charge in [0.2, 0.25) is 5.91 Å². The minimum atomic E-state index is -0.279. The van der Waals surface area contributed by atoms with Crippen LogP contribution >= 0.6 is 0 Å². The topological polar surface area (TPSA) is 42.2 Å². The number of nitrogens with one attached hydrogen (secondary N) is 1. The van der Waals surface area contributed by atoms with Crippen LogP contribution in [0, 0.1) is 12.7 Å². The SMILES string of the molecule is Cc1ccc(NC(=O)CCc2ccc(-c3ccc(F)cc3)o2)cc1. The Hall–Kier alpha value is -2.88. The van der Waals surface area contributed by atoms with Crippen molar-refractivity contribution in [1.29, 1.82) is 0 Å². The molecule has 0 spiro atoms. The average Bonchev–Trinajstić information content (AvgIpc) is 3.05. The first-order valence-electron chi connectivity index (χ1n) is 7.81. The molecular formula is C20H18FNO2. The molecule has 3 aromatic rings. The van der Waals surface area contributed by atoms with Crippen molar-refractivity contribution in [2.24, 2.45) is 0 Å². The number of furan rings is 1. The molecule has 0 saturated carbocycles. The molecule has 0 bridgehead atoms. The lowest BCUT2D eigenvalue weighted by molar-refractivity contribution is -0.116. The van der Waals surface area contributed by atoms with Crippen molar-refractivity contribution in [3.05, 3.63) is 77.8 Å². The molecule has 0 fully saturated rings. The van der Waals surface area contributed by atoms with E-state index in [1.54, 1.807) is 12.1 Å². The highest BCUT2D eigenvalue weighted by molar-refractivity contribution is 5.90. The maximum atomic E-state index is 12.9. The van der Waals surface area contributed by atoms with Gasteiger partial charge in [-0.25, -0.2) is 4.39 Å². The monoisotopic (exact) mass is 323 g/mol. The smallest absolute Gasteiger partial charge is 0.224 e. The number of carbonyl (C=O) groups excluding carboxylic acids is 1. The van der Waals surface area contributed by atoms with Gasteiger partial charge in [0, 0.05) is 24.1 Å². The molecule has 0 saturated heterocycles. The molecule has 0 aliphatic rings. The van der Waals surface area contributed by atoms with Gasteiger partial charge < -0.3 is 9.73 Å². The van der Waals surface area contributed by atoms with E-state index in [9.17, 15) is 9.18 Å². The van der Waals surface area contributed by atoms with Gasteiger partial charge in [0.05, 0.1) is 0 Å². The number of hydrogen-bond donors (Lipinski definition) is 1. The average molecular weight is 323 g/mol. The lowest BCUT2D eigenvalue weighted by Crippen LogP contribution is -2.12. The van der Waals surface area contributed by atoms with Crippen molar-refractivity contribution in [3.8, 4) is 11.3 Å². The van der Waals surface area contributed by atoms with E-state index in [-0.39, 0.29) is 11.7 Å². The van der Waals surface area contributed by atoms with E-state index >= 15 is 0 Å². The minimum absolute atomic E-state index is 0.0569. The van der Waals surface area contributed by atoms with E-state index < -0.39 is 0 Å². The van der Waals surface area contributed by atoms with Crippen molar-refractivity contribution in [2.45, 2.75) is 19.8 Å². The maximum absolute atomic E-state index is 12.9. The Labute approximate surface area is 140 Å². The van der Waals surface area contributed by atoms with Crippen LogP contribution in [0.2, 0.25) is 0 Å². The number of carbonyl (C=O) groups is 1. The molecule has 0 unspecified atom stereocenters. The quantitative estimate of drug-likeness (QED) is 0.720. The summed E-state index contributed by atoms with van der Waals surface area (Å²) in [5.74, 6) is 1.06. The van der Waals surface area contributed by atoms with Crippen LogP contribution in [0.4, 0.5) is 10.1 Å². The molecule has 1 aromatic heterocycles. The standard InChI is InChI=1S/C20H18FNO2/c1-14-2-8-17(9-3-14)22-20(23)13-11-18-10-12-19(24-18)15-4-6-16(21)7-5-15/h2-10,12H,11,13H2,1H3,(H,22,23). The van der Waals surface area contributed by atoms with Gasteiger partial charge in [0.1, 0.15) is 17.3 Å². The van der Waals surface area contributed by atoms with Crippen LogP contribution in [0.25, 0.3) is 11.3 Å². The first kappa shape index (κ1) is 16.0. The summed E-state index contributed by atoms with van der Waals surface area (Å²) in [6.45, 7) is 2.00. The Morgan fingerprint density at radius 2 is 1.71 bits per heavy atom. The van der Waals surface area contributed by atoms with Crippen LogP contribution in [0.5, 0.6) is 0 Å². The van der Waals surface area contributed by atoms with Gasteiger partial charge in [0.15, 0.2) is 0 Å². The predicted octanol–water partition coefficient (Wildman–Crippen LogP) is 4.97. The minimum Gasteiger partial charge on any atom is -0.461 e. The molecular weight excluding hydrogens is 305 g/mol. The van der Waals surface area contributed by atoms with E-state index in [4.69, 9.17) is 4.42 Å². The van der Waals surface area contributed by atoms with Crippen LogP contribution in [-0.2, 0) is 11.2 Å². The number of hydrogen-bond acceptors (Lipinski definition) is 2. The van der Waals surface area contributed by atoms with Crippen molar-refractivity contribution in [1.82, 2.24) is 0 Å². The summed E-state index contributed by atoms with van der Waals surface area (Å²) < 4.78 is 18.7. The van der Waals surface area contributed by atoms with Gasteiger partial charge in [-0.05, 0) is 55.5 Å². The van der Waals surface area contributed by atoms with Gasteiger partial charge in [0.25, 0.3) is 0 Å². The Morgan fingerprint density at radius 3 is 2.42 bits per heavy atom. The third-order valence-electron chi connectivity index (χ3n) is 3.72. The fourth-order valence-corrected chi connectivity index (χ4v) is 2.38. The van der Waals surface area contributed by atoms with Crippen molar-refractivity contribution in [3.63, 3.8) is 0 Å². The van der Waals surface area contributed by atoms with Gasteiger partial charge in [-0.1, -0.05) is 17.7 Å². The Kier molecular flexibility index (Phi) is 4.75. The second kappa shape index (κ2) is 7.13. The molecule has 1 N–H and O–H groups in total. The fraction of sp³-hybridized carbons (Fsp3) is 0.150. The molecule has 0 aliphatic carbocycles. The number of anilines is 1. The second-order valence-electron chi connectivity index (χ2n) is 5.69. The lowest BCUT2D eigenvalue weighted by atomic mass is 10.2. The molecule has 0 atom stereocenters. The summed E-state index contributed by atoms with van der Waals surface area (Å²) >= 11 is 0. The number of amides is 1. The summed E-state index contributed by atoms with van der Waals surface area (Å²) in [4.78, 5) is 12.0. The van der Waals surface area contributed by atoms with Crippen molar-refractivity contribution >= 4 is 11.6 Å². The second-order valence-corrected chi connectivity index (χ2v) is 5.69. The number of benzene rings is 2. The Balaban J connectivity index is 1.56. The van der Waals surface area contributed by atoms with Gasteiger partial charge in [-0.15, -0.1) is 0 Å². The van der Waals surface area contributed by atoms with Crippen molar-refractivity contribution in [2.75, 3.05) is 5.32 Å². The largest absolute Gasteiger partial charge is 0.461 e. The summed E-state index contributed by atoms with van der Waals surface area (Å²) in [5.41, 5.74) is 2.75. The van der Waals surface area contributed by atoms with Crippen LogP contribution in [0.15, 0.2) is 65.1 Å². The van der Waals surface area contributed by atoms with Crippen molar-refractivity contribution < 1.29 is 13.6 Å². The molecule has 1 heterocycles. The molecule has 4 heteroatoms. The number of halogens is 1. The lowest BCUT2D eigenvalue weighted by Gasteiger charge is -2.04. The molecule has 3 nitrogen and oxygen atoms in total. The van der Waals surface area contributed by atoms with Crippen LogP contribution in [0.1, 0.15) is 17.7 Å². The van der Waals surface area contributed by atoms with E-state index in [1.165, 1.54) is 12.1 Å². The number of aryl methyl sites for hydroxylation is 2. The van der Waals surface area contributed by atoms with Gasteiger partial charge in [-0.2, -0.15) is 0 Å². The van der Waals surface area contributed by atoms with E-state index in [0.717, 1.165) is 22.6 Å². The Bertz CT molecular complexity index is 820. The fourth-order valence-electron chi connectivity index (χ4n) is 2.38. The molecule has 0 aliphatic heterocycles. The first-order chi connectivity index (χ1) is 11.6. The summed E-state index contributed by atoms with van der Waals surface area (Å²) in [7, 11) is 0. The molecule has 24 heavy (non-hydrogen) atoms. The summed E-state index contributed by atoms with van der Waals surface area (Å²) in [6.07, 6.45) is 0.850. The van der Waals surface area contributed by atoms with E-state index in [2.05, 4.69) is 5.32 Å². The highest BCUT2D eigenvalue weighted by atomic mass is 19.1. The van der Waals surface area contributed by atoms with Crippen LogP contribution in [-0.4, -0.2) is 5.91 Å². The summed E-state index contributed by atoms with van der Waals surface area (Å²) in [5, 5.41) is 2.86. The van der Waals surface area contributed by atoms with Crippen LogP contribution in [0.3, 0.4) is 0 Å². The van der Waals surface area contributed by atoms with Gasteiger partial charge >= 0.3 is 0 Å². The zero-order valence-electron chi connectivity index (χ0n) is 13.4. The van der Waals surface area contributed by atoms with E-state index in [0.29, 0.717) is 18.6 Å². The Morgan fingerprint density at radius 1 is 1.00 bits per heavy atom. The molecule has 122 valence electrons. The number of rotatable bonds is 5. The van der Waals surface area contributed by atoms with Gasteiger partial charge in [-0.3, -0.25) is 4.79 Å². The third-order valence-corrected chi connectivity index (χ3v) is 3.72. The molecule has 0 radical (unpaired) electrons. The first-order valence-corrected chi connectivity index (χ1v) is 7.81. The summed E-state index contributed by atoms with van der Waals surface area (Å²) in [6, 6.07) is 17.5. The predicted molar refractivity (Wildman–Crippen MR) is 92.2 cm³/mol. The normalized spacial score (nSPS) is 10.6. The highest BCUT2D eigenvalue weighted by Crippen LogP contribution is 2.23. The van der Waals surface area contributed by atoms with Crippen LogP contribution < -0.4 is 5.32 Å². The molecule has 2 aromatic carbocycles. The third kappa shape index (κ3) is 4.10. The molecule has 3 rings (SSSR count). The molecule has 1 amide bonds. The van der Waals surface area contributed by atoms with E-state index in [1.807, 2.05) is 43.3 Å². The zero-order valence-corrected chi connectivity index (χ0v) is 13.4. The highest BCUT2D eigenvalue weighted by Gasteiger charge is 2.08. The zero-order chi connectivity index (χ0) is 16.9.